The lowest BCUT2D eigenvalue weighted by atomic mass is 10.0. The number of aromatic nitrogens is 1. The maximum absolute atomic E-state index is 13.3. The van der Waals surface area contributed by atoms with Crippen LogP contribution in [-0.2, 0) is 0 Å². The van der Waals surface area contributed by atoms with Crippen molar-refractivity contribution in [2.24, 2.45) is 0 Å². The third-order valence-electron chi connectivity index (χ3n) is 2.94. The molecular weight excluding hydrogens is 259 g/mol. The van der Waals surface area contributed by atoms with E-state index in [0.717, 1.165) is 5.56 Å². The Morgan fingerprint density at radius 1 is 1.30 bits per heavy atom. The Balaban J connectivity index is 2.31. The fourth-order valence-corrected chi connectivity index (χ4v) is 2.06. The highest BCUT2D eigenvalue weighted by atomic mass is 19.1. The molecule has 0 bridgehead atoms. The van der Waals surface area contributed by atoms with E-state index in [2.05, 4.69) is 10.5 Å². The van der Waals surface area contributed by atoms with Crippen LogP contribution in [0.1, 0.15) is 47.1 Å². The Labute approximate surface area is 117 Å². The van der Waals surface area contributed by atoms with Crippen molar-refractivity contribution in [3.05, 3.63) is 46.6 Å². The van der Waals surface area contributed by atoms with Crippen LogP contribution in [0.5, 0.6) is 0 Å². The van der Waals surface area contributed by atoms with Crippen LogP contribution in [0, 0.1) is 19.7 Å². The molecule has 1 aromatic heterocycles. The summed E-state index contributed by atoms with van der Waals surface area (Å²) >= 11 is 0. The van der Waals surface area contributed by atoms with Crippen LogP contribution >= 0.6 is 0 Å². The Morgan fingerprint density at radius 2 is 2.00 bits per heavy atom. The van der Waals surface area contributed by atoms with Gasteiger partial charge in [0.05, 0.1) is 5.69 Å². The monoisotopic (exact) mass is 276 g/mol. The first-order valence-electron chi connectivity index (χ1n) is 6.43. The average Bonchev–Trinajstić information content (AvgIpc) is 2.69. The van der Waals surface area contributed by atoms with Gasteiger partial charge >= 0.3 is 0 Å². The number of halogens is 1. The van der Waals surface area contributed by atoms with Gasteiger partial charge in [-0.05, 0) is 37.6 Å². The van der Waals surface area contributed by atoms with Crippen LogP contribution in [-0.4, -0.2) is 11.1 Å². The first kappa shape index (κ1) is 14.2. The van der Waals surface area contributed by atoms with E-state index < -0.39 is 0 Å². The number of hydrogen-bond acceptors (Lipinski definition) is 3. The van der Waals surface area contributed by atoms with E-state index >= 15 is 0 Å². The Morgan fingerprint density at radius 3 is 2.60 bits per heavy atom. The van der Waals surface area contributed by atoms with Crippen molar-refractivity contribution >= 4 is 11.6 Å². The van der Waals surface area contributed by atoms with E-state index in [9.17, 15) is 9.18 Å². The number of rotatable bonds is 3. The maximum Gasteiger partial charge on any atom is 0.261 e. The first-order chi connectivity index (χ1) is 9.38. The summed E-state index contributed by atoms with van der Waals surface area (Å²) in [6.45, 7) is 7.32. The minimum atomic E-state index is -0.383. The molecule has 0 saturated carbocycles. The number of amides is 1. The molecule has 0 fully saturated rings. The van der Waals surface area contributed by atoms with Crippen LogP contribution in [0.25, 0.3) is 0 Å². The highest BCUT2D eigenvalue weighted by Gasteiger charge is 2.22. The number of nitrogens with one attached hydrogen (secondary N) is 1. The molecule has 1 N–H and O–H groups in total. The molecule has 2 aromatic rings. The number of nitrogens with zero attached hydrogens (tertiary/aromatic N) is 1. The van der Waals surface area contributed by atoms with Gasteiger partial charge in [0.1, 0.15) is 11.4 Å². The molecule has 0 radical (unpaired) electrons. The molecule has 5 heteroatoms. The zero-order chi connectivity index (χ0) is 14.9. The topological polar surface area (TPSA) is 55.1 Å². The van der Waals surface area contributed by atoms with E-state index in [1.54, 1.807) is 19.9 Å². The molecule has 106 valence electrons. The summed E-state index contributed by atoms with van der Waals surface area (Å²) in [4.78, 5) is 12.3. The van der Waals surface area contributed by atoms with Crippen molar-refractivity contribution < 1.29 is 13.7 Å². The molecule has 0 unspecified atom stereocenters. The molecule has 0 aliphatic heterocycles. The van der Waals surface area contributed by atoms with E-state index in [1.807, 2.05) is 13.8 Å². The predicted molar refractivity (Wildman–Crippen MR) is 74.4 cm³/mol. The van der Waals surface area contributed by atoms with Gasteiger partial charge in [-0.2, -0.15) is 0 Å². The average molecular weight is 276 g/mol. The fraction of sp³-hybridized carbons (Fsp3) is 0.333. The third-order valence-corrected chi connectivity index (χ3v) is 2.94. The van der Waals surface area contributed by atoms with Gasteiger partial charge in [-0.1, -0.05) is 19.0 Å². The highest BCUT2D eigenvalue weighted by Crippen LogP contribution is 2.23. The molecule has 2 rings (SSSR count). The van der Waals surface area contributed by atoms with Crippen molar-refractivity contribution in [3.8, 4) is 0 Å². The second-order valence-electron chi connectivity index (χ2n) is 5.13. The van der Waals surface area contributed by atoms with E-state index in [1.165, 1.54) is 12.1 Å². The predicted octanol–water partition coefficient (Wildman–Crippen LogP) is 3.81. The number of carbonyl (C=O) groups is 1. The molecule has 0 atom stereocenters. The number of hydrogen-bond donors (Lipinski definition) is 1. The molecule has 1 heterocycles. The molecule has 0 spiro atoms. The molecule has 1 aromatic carbocycles. The van der Waals surface area contributed by atoms with Crippen molar-refractivity contribution in [2.75, 3.05) is 5.32 Å². The lowest BCUT2D eigenvalue weighted by Gasteiger charge is -2.08. The summed E-state index contributed by atoms with van der Waals surface area (Å²) < 4.78 is 18.5. The van der Waals surface area contributed by atoms with Crippen LogP contribution in [0.15, 0.2) is 22.7 Å². The molecule has 4 nitrogen and oxygen atoms in total. The minimum absolute atomic E-state index is 0.0474. The van der Waals surface area contributed by atoms with Crippen LogP contribution in [0.4, 0.5) is 10.1 Å². The first-order valence-corrected chi connectivity index (χ1v) is 6.43. The lowest BCUT2D eigenvalue weighted by molar-refractivity contribution is 0.102. The highest BCUT2D eigenvalue weighted by molar-refractivity contribution is 6.05. The Hall–Kier alpha value is -2.17. The smallest absolute Gasteiger partial charge is 0.261 e. The largest absolute Gasteiger partial charge is 0.360 e. The Kier molecular flexibility index (Phi) is 3.88. The second-order valence-corrected chi connectivity index (χ2v) is 5.13. The van der Waals surface area contributed by atoms with Gasteiger partial charge in [-0.3, -0.25) is 4.79 Å². The second kappa shape index (κ2) is 5.45. The SMILES string of the molecule is Cc1cc(F)cc(NC(=O)c2c(C)noc2C(C)C)c1. The summed E-state index contributed by atoms with van der Waals surface area (Å²) in [6.07, 6.45) is 0. The van der Waals surface area contributed by atoms with Crippen LogP contribution < -0.4 is 5.32 Å². The third kappa shape index (κ3) is 2.87. The number of anilines is 1. The molecule has 0 aliphatic carbocycles. The van der Waals surface area contributed by atoms with Crippen molar-refractivity contribution in [1.82, 2.24) is 5.16 Å². The molecule has 1 amide bonds. The summed E-state index contributed by atoms with van der Waals surface area (Å²) in [5.74, 6) is -0.136. The zero-order valence-electron chi connectivity index (χ0n) is 12.0. The lowest BCUT2D eigenvalue weighted by Crippen LogP contribution is -2.15. The van der Waals surface area contributed by atoms with E-state index in [4.69, 9.17) is 4.52 Å². The molecule has 0 saturated heterocycles. The fourth-order valence-electron chi connectivity index (χ4n) is 2.06. The zero-order valence-corrected chi connectivity index (χ0v) is 12.0. The van der Waals surface area contributed by atoms with Crippen LogP contribution in [0.3, 0.4) is 0 Å². The summed E-state index contributed by atoms with van der Waals surface area (Å²) in [7, 11) is 0. The molecule has 0 aliphatic rings. The molecular formula is C15H17FN2O2. The van der Waals surface area contributed by atoms with Gasteiger partial charge in [0.15, 0.2) is 5.76 Å². The van der Waals surface area contributed by atoms with Gasteiger partial charge in [0.25, 0.3) is 5.91 Å². The Bertz CT molecular complexity index is 627. The van der Waals surface area contributed by atoms with Crippen molar-refractivity contribution in [1.29, 1.82) is 0 Å². The van der Waals surface area contributed by atoms with Gasteiger partial charge in [-0.25, -0.2) is 4.39 Å². The van der Waals surface area contributed by atoms with Crippen molar-refractivity contribution in [3.63, 3.8) is 0 Å². The summed E-state index contributed by atoms with van der Waals surface area (Å²) in [5.41, 5.74) is 2.11. The molecule has 20 heavy (non-hydrogen) atoms. The summed E-state index contributed by atoms with van der Waals surface area (Å²) in [6, 6.07) is 4.39. The standard InChI is InChI=1S/C15H17FN2O2/c1-8(2)14-13(10(4)18-20-14)15(19)17-12-6-9(3)5-11(16)7-12/h5-8H,1-4H3,(H,17,19). The van der Waals surface area contributed by atoms with Crippen LogP contribution in [0.2, 0.25) is 0 Å². The number of carbonyl (C=O) groups excluding carboxylic acids is 1. The summed E-state index contributed by atoms with van der Waals surface area (Å²) in [5, 5.41) is 6.51. The normalized spacial score (nSPS) is 10.9. The van der Waals surface area contributed by atoms with Gasteiger partial charge < -0.3 is 9.84 Å². The number of aryl methyl sites for hydroxylation is 2. The van der Waals surface area contributed by atoms with Gasteiger partial charge in [-0.15, -0.1) is 0 Å². The van der Waals surface area contributed by atoms with Gasteiger partial charge in [0.2, 0.25) is 0 Å². The maximum atomic E-state index is 13.3. The minimum Gasteiger partial charge on any atom is -0.360 e. The van der Waals surface area contributed by atoms with E-state index in [0.29, 0.717) is 22.7 Å². The van der Waals surface area contributed by atoms with E-state index in [-0.39, 0.29) is 17.6 Å². The van der Waals surface area contributed by atoms with Gasteiger partial charge in [0, 0.05) is 11.6 Å². The quantitative estimate of drug-likeness (QED) is 0.927. The number of benzene rings is 1. The van der Waals surface area contributed by atoms with Crippen molar-refractivity contribution in [2.45, 2.75) is 33.6 Å².